The number of hydrogen-bond donors (Lipinski definition) is 5. The number of anilines is 1. The van der Waals surface area contributed by atoms with Crippen LogP contribution in [0.3, 0.4) is 0 Å². The van der Waals surface area contributed by atoms with E-state index in [1.54, 1.807) is 30.3 Å². The SMILES string of the molecule is COCC[C@@H](NC(=O)c1ccccc1)[C@@H](O)[C@H](O)[C@H](Cc1ccccc1)NC(=O)c1csc(NS(C)(=O)=O)n1. The molecular formula is C26H32N4O7S2. The number of nitrogens with one attached hydrogen (secondary N) is 3. The van der Waals surface area contributed by atoms with E-state index in [2.05, 4.69) is 20.3 Å². The Balaban J connectivity index is 1.81. The van der Waals surface area contributed by atoms with Gasteiger partial charge in [-0.1, -0.05) is 48.5 Å². The molecule has 0 unspecified atom stereocenters. The smallest absolute Gasteiger partial charge is 0.271 e. The Hall–Kier alpha value is -3.36. The molecule has 39 heavy (non-hydrogen) atoms. The van der Waals surface area contributed by atoms with Gasteiger partial charge in [0, 0.05) is 24.7 Å². The predicted molar refractivity (Wildman–Crippen MR) is 148 cm³/mol. The molecule has 0 saturated heterocycles. The second kappa shape index (κ2) is 14.1. The Labute approximate surface area is 231 Å². The van der Waals surface area contributed by atoms with Crippen molar-refractivity contribution in [1.82, 2.24) is 15.6 Å². The molecule has 210 valence electrons. The Morgan fingerprint density at radius 2 is 1.54 bits per heavy atom. The lowest BCUT2D eigenvalue weighted by molar-refractivity contribution is -0.0269. The number of amides is 2. The van der Waals surface area contributed by atoms with Crippen LogP contribution in [0.2, 0.25) is 0 Å². The maximum absolute atomic E-state index is 13.0. The normalized spacial score (nSPS) is 14.6. The van der Waals surface area contributed by atoms with Gasteiger partial charge in [0.1, 0.15) is 17.9 Å². The first-order chi connectivity index (χ1) is 18.6. The summed E-state index contributed by atoms with van der Waals surface area (Å²) in [5.41, 5.74) is 1.12. The summed E-state index contributed by atoms with van der Waals surface area (Å²) in [7, 11) is -2.09. The van der Waals surface area contributed by atoms with Gasteiger partial charge < -0.3 is 25.6 Å². The van der Waals surface area contributed by atoms with Crippen molar-refractivity contribution in [1.29, 1.82) is 0 Å². The van der Waals surface area contributed by atoms with Crippen LogP contribution >= 0.6 is 11.3 Å². The summed E-state index contributed by atoms with van der Waals surface area (Å²) in [6.45, 7) is 0.203. The third-order valence-corrected chi connectivity index (χ3v) is 7.24. The third-order valence-electron chi connectivity index (χ3n) is 5.78. The minimum atomic E-state index is -3.58. The van der Waals surface area contributed by atoms with E-state index >= 15 is 0 Å². The summed E-state index contributed by atoms with van der Waals surface area (Å²) in [6, 6.07) is 15.7. The number of thiazole rings is 1. The van der Waals surface area contributed by atoms with E-state index in [9.17, 15) is 28.2 Å². The highest BCUT2D eigenvalue weighted by molar-refractivity contribution is 7.92. The third kappa shape index (κ3) is 9.41. The van der Waals surface area contributed by atoms with Gasteiger partial charge in [0.05, 0.1) is 18.3 Å². The highest BCUT2D eigenvalue weighted by Gasteiger charge is 2.34. The van der Waals surface area contributed by atoms with E-state index in [0.29, 0.717) is 5.56 Å². The monoisotopic (exact) mass is 576 g/mol. The number of rotatable bonds is 14. The summed E-state index contributed by atoms with van der Waals surface area (Å²) in [4.78, 5) is 29.8. The fourth-order valence-corrected chi connectivity index (χ4v) is 5.38. The first kappa shape index (κ1) is 30.2. The zero-order chi connectivity index (χ0) is 28.4. The number of sulfonamides is 1. The fourth-order valence-electron chi connectivity index (χ4n) is 3.84. The van der Waals surface area contributed by atoms with Crippen molar-refractivity contribution in [2.45, 2.75) is 37.1 Å². The van der Waals surface area contributed by atoms with Crippen molar-refractivity contribution >= 4 is 38.3 Å². The summed E-state index contributed by atoms with van der Waals surface area (Å²) in [5.74, 6) is -1.10. The molecule has 4 atom stereocenters. The summed E-state index contributed by atoms with van der Waals surface area (Å²) < 4.78 is 30.3. The van der Waals surface area contributed by atoms with E-state index < -0.39 is 46.1 Å². The lowest BCUT2D eigenvalue weighted by Crippen LogP contribution is -2.57. The molecule has 0 saturated carbocycles. The standard InChI is InChI=1S/C26H32N4O7S2/c1-37-14-13-19(27-24(33)18-11-7-4-8-12-18)22(31)23(32)20(15-17-9-5-3-6-10-17)28-25(34)21-16-38-26(29-21)30-39(2,35)36/h3-12,16,19-20,22-23,31-32H,13-15H2,1-2H3,(H,27,33)(H,28,34)(H,29,30)/t19-,20+,22-,23-/m1/s1. The molecule has 13 heteroatoms. The molecule has 1 aromatic heterocycles. The van der Waals surface area contributed by atoms with Crippen LogP contribution in [0.25, 0.3) is 0 Å². The number of nitrogens with zero attached hydrogens (tertiary/aromatic N) is 1. The average molecular weight is 577 g/mol. The number of aliphatic hydroxyl groups excluding tert-OH is 2. The zero-order valence-corrected chi connectivity index (χ0v) is 23.1. The molecule has 0 radical (unpaired) electrons. The first-order valence-corrected chi connectivity index (χ1v) is 14.8. The topological polar surface area (TPSA) is 167 Å². The van der Waals surface area contributed by atoms with Gasteiger partial charge in [0.25, 0.3) is 11.8 Å². The van der Waals surface area contributed by atoms with Crippen molar-refractivity contribution in [3.63, 3.8) is 0 Å². The largest absolute Gasteiger partial charge is 0.388 e. The molecule has 0 aliphatic heterocycles. The highest BCUT2D eigenvalue weighted by Crippen LogP contribution is 2.18. The molecule has 2 amide bonds. The van der Waals surface area contributed by atoms with Crippen LogP contribution in [0.15, 0.2) is 66.0 Å². The van der Waals surface area contributed by atoms with Gasteiger partial charge in [-0.05, 0) is 30.5 Å². The number of hydrogen-bond acceptors (Lipinski definition) is 9. The Morgan fingerprint density at radius 1 is 0.949 bits per heavy atom. The minimum Gasteiger partial charge on any atom is -0.388 e. The van der Waals surface area contributed by atoms with Gasteiger partial charge in [0.2, 0.25) is 10.0 Å². The molecule has 0 aliphatic rings. The summed E-state index contributed by atoms with van der Waals surface area (Å²) in [6.07, 6.45) is -1.64. The van der Waals surface area contributed by atoms with Crippen molar-refractivity contribution in [3.05, 3.63) is 82.9 Å². The Bertz CT molecular complexity index is 1320. The fraction of sp³-hybridized carbons (Fsp3) is 0.346. The second-order valence-corrected chi connectivity index (χ2v) is 11.5. The molecule has 0 aliphatic carbocycles. The van der Waals surface area contributed by atoms with Crippen LogP contribution in [-0.4, -0.2) is 79.7 Å². The first-order valence-electron chi connectivity index (χ1n) is 12.1. The van der Waals surface area contributed by atoms with Gasteiger partial charge in [-0.15, -0.1) is 11.3 Å². The van der Waals surface area contributed by atoms with Crippen LogP contribution in [0, 0.1) is 0 Å². The number of ether oxygens (including phenoxy) is 1. The quantitative estimate of drug-likeness (QED) is 0.192. The van der Waals surface area contributed by atoms with Crippen molar-refractivity contribution in [3.8, 4) is 0 Å². The van der Waals surface area contributed by atoms with Crippen molar-refractivity contribution in [2.75, 3.05) is 24.7 Å². The molecular weight excluding hydrogens is 544 g/mol. The van der Waals surface area contributed by atoms with Crippen LogP contribution in [0.1, 0.15) is 32.8 Å². The van der Waals surface area contributed by atoms with E-state index in [0.717, 1.165) is 23.2 Å². The van der Waals surface area contributed by atoms with E-state index in [1.807, 2.05) is 30.3 Å². The zero-order valence-electron chi connectivity index (χ0n) is 21.5. The molecule has 0 bridgehead atoms. The average Bonchev–Trinajstić information content (AvgIpc) is 3.37. The number of aliphatic hydroxyl groups is 2. The summed E-state index contributed by atoms with van der Waals surface area (Å²) >= 11 is 0.934. The molecule has 3 rings (SSSR count). The summed E-state index contributed by atoms with van der Waals surface area (Å²) in [5, 5.41) is 29.4. The molecule has 11 nitrogen and oxygen atoms in total. The lowest BCUT2D eigenvalue weighted by Gasteiger charge is -2.33. The number of benzene rings is 2. The number of methoxy groups -OCH3 is 1. The van der Waals surface area contributed by atoms with Gasteiger partial charge in [-0.25, -0.2) is 13.4 Å². The van der Waals surface area contributed by atoms with E-state index in [4.69, 9.17) is 4.74 Å². The maximum Gasteiger partial charge on any atom is 0.271 e. The molecule has 3 aromatic rings. The van der Waals surface area contributed by atoms with Crippen LogP contribution in [-0.2, 0) is 21.2 Å². The minimum absolute atomic E-state index is 0.0195. The molecule has 0 fully saturated rings. The van der Waals surface area contributed by atoms with Crippen LogP contribution in [0.4, 0.5) is 5.13 Å². The van der Waals surface area contributed by atoms with Crippen molar-refractivity contribution < 1.29 is 33.0 Å². The lowest BCUT2D eigenvalue weighted by atomic mass is 9.92. The molecule has 5 N–H and O–H groups in total. The second-order valence-electron chi connectivity index (χ2n) is 8.89. The highest BCUT2D eigenvalue weighted by atomic mass is 32.2. The number of aromatic nitrogens is 1. The van der Waals surface area contributed by atoms with Crippen LogP contribution in [0.5, 0.6) is 0 Å². The molecule has 2 aromatic carbocycles. The molecule has 0 spiro atoms. The Morgan fingerprint density at radius 3 is 2.15 bits per heavy atom. The van der Waals surface area contributed by atoms with Gasteiger partial charge in [-0.3, -0.25) is 14.3 Å². The van der Waals surface area contributed by atoms with Gasteiger partial charge >= 0.3 is 0 Å². The number of carbonyl (C=O) groups is 2. The van der Waals surface area contributed by atoms with Crippen LogP contribution < -0.4 is 15.4 Å². The Kier molecular flexibility index (Phi) is 10.9. The maximum atomic E-state index is 13.0. The predicted octanol–water partition coefficient (Wildman–Crippen LogP) is 1.41. The van der Waals surface area contributed by atoms with Gasteiger partial charge in [0.15, 0.2) is 5.13 Å². The molecule has 1 heterocycles. The van der Waals surface area contributed by atoms with E-state index in [-0.39, 0.29) is 30.3 Å². The van der Waals surface area contributed by atoms with Gasteiger partial charge in [-0.2, -0.15) is 0 Å². The van der Waals surface area contributed by atoms with E-state index in [1.165, 1.54) is 12.5 Å². The number of carbonyl (C=O) groups excluding carboxylic acids is 2. The van der Waals surface area contributed by atoms with Crippen molar-refractivity contribution in [2.24, 2.45) is 0 Å².